The van der Waals surface area contributed by atoms with Crippen molar-refractivity contribution in [3.63, 3.8) is 0 Å². The van der Waals surface area contributed by atoms with Crippen LogP contribution >= 0.6 is 0 Å². The predicted molar refractivity (Wildman–Crippen MR) is 220 cm³/mol. The zero-order chi connectivity index (χ0) is 38.5. The SMILES string of the molecule is CC(C)CCC[C@@H](C)[C@H]1CC[C@H]2C3CC=C4C[C@@H](OC(=O)NCCNc5c(N(CCCN(C)C)CCCN(C)C)c(=O)c5=O)CC[C@]4(C)[C@H]3CC[C@]12C. The second-order valence-electron chi connectivity index (χ2n) is 19.1. The highest BCUT2D eigenvalue weighted by molar-refractivity contribution is 5.75. The van der Waals surface area contributed by atoms with Crippen molar-refractivity contribution in [3.8, 4) is 0 Å². The normalized spacial score (nSPS) is 30.2. The molecule has 0 radical (unpaired) electrons. The number of anilines is 2. The lowest BCUT2D eigenvalue weighted by atomic mass is 9.47. The van der Waals surface area contributed by atoms with E-state index in [2.05, 4.69) is 66.0 Å². The summed E-state index contributed by atoms with van der Waals surface area (Å²) >= 11 is 0. The zero-order valence-electron chi connectivity index (χ0n) is 35.0. The highest BCUT2D eigenvalue weighted by Gasteiger charge is 2.59. The molecule has 1 aromatic carbocycles. The molecular formula is C44H75N5O4. The van der Waals surface area contributed by atoms with Crippen molar-refractivity contribution in [2.24, 2.45) is 46.3 Å². The molecule has 0 saturated heterocycles. The van der Waals surface area contributed by atoms with E-state index in [-0.39, 0.29) is 11.5 Å². The Morgan fingerprint density at radius 2 is 1.55 bits per heavy atom. The van der Waals surface area contributed by atoms with E-state index in [0.717, 1.165) is 80.7 Å². The summed E-state index contributed by atoms with van der Waals surface area (Å²) in [7, 11) is 8.16. The molecule has 5 rings (SSSR count). The summed E-state index contributed by atoms with van der Waals surface area (Å²) < 4.78 is 6.00. The van der Waals surface area contributed by atoms with Gasteiger partial charge in [-0.05, 0) is 145 Å². The van der Waals surface area contributed by atoms with Crippen molar-refractivity contribution in [1.29, 1.82) is 0 Å². The summed E-state index contributed by atoms with van der Waals surface area (Å²) in [6.45, 7) is 16.4. The quantitative estimate of drug-likeness (QED) is 0.0855. The van der Waals surface area contributed by atoms with Crippen LogP contribution < -0.4 is 26.4 Å². The number of carbonyl (C=O) groups is 1. The number of carbonyl (C=O) groups excluding carboxylic acids is 1. The average molecular weight is 738 g/mol. The Kier molecular flexibility index (Phi) is 14.2. The molecule has 1 aromatic rings. The highest BCUT2D eigenvalue weighted by Crippen LogP contribution is 2.67. The topological polar surface area (TPSA) is 94.2 Å². The molecule has 4 aliphatic carbocycles. The fourth-order valence-corrected chi connectivity index (χ4v) is 11.6. The van der Waals surface area contributed by atoms with Crippen molar-refractivity contribution >= 4 is 17.5 Å². The minimum atomic E-state index is -0.469. The third kappa shape index (κ3) is 9.53. The summed E-state index contributed by atoms with van der Waals surface area (Å²) in [6, 6.07) is 0. The fraction of sp³-hybridized carbons (Fsp3) is 0.841. The van der Waals surface area contributed by atoms with Crippen LogP contribution in [0.1, 0.15) is 118 Å². The molecule has 4 aliphatic rings. The van der Waals surface area contributed by atoms with Gasteiger partial charge in [-0.3, -0.25) is 9.59 Å². The summed E-state index contributed by atoms with van der Waals surface area (Å²) in [5.74, 6) is 4.89. The molecule has 1 unspecified atom stereocenters. The van der Waals surface area contributed by atoms with Gasteiger partial charge in [-0.25, -0.2) is 4.79 Å². The van der Waals surface area contributed by atoms with Gasteiger partial charge in [0.05, 0.1) is 0 Å². The summed E-state index contributed by atoms with van der Waals surface area (Å²) in [5.41, 5.74) is 2.22. The second-order valence-corrected chi connectivity index (χ2v) is 19.1. The standard InChI is InChI=1S/C44H75N5O4/c1-30(2)13-10-14-31(3)35-17-18-36-34-16-15-32-29-33(19-21-43(32,4)37(34)20-22-44(35,36)5)53-42(52)46-24-23-45-38-39(41(51)40(38)50)49(27-11-25-47(6)7)28-12-26-48(8)9/h15,30-31,33-37,45H,10-14,16-29H2,1-9H3,(H,46,52)/t31-,33+,34?,35-,36+,37+,43+,44-/m1/s1. The van der Waals surface area contributed by atoms with Gasteiger partial charge in [0.15, 0.2) is 0 Å². The number of amides is 1. The molecule has 9 heteroatoms. The summed E-state index contributed by atoms with van der Waals surface area (Å²) in [5, 5.41) is 6.06. The lowest BCUT2D eigenvalue weighted by Gasteiger charge is -2.58. The number of nitrogens with one attached hydrogen (secondary N) is 2. The monoisotopic (exact) mass is 738 g/mol. The third-order valence-electron chi connectivity index (χ3n) is 14.5. The minimum absolute atomic E-state index is 0.103. The van der Waals surface area contributed by atoms with Crippen molar-refractivity contribution in [2.75, 3.05) is 77.7 Å². The smallest absolute Gasteiger partial charge is 0.407 e. The predicted octanol–water partition coefficient (Wildman–Crippen LogP) is 7.54. The molecule has 53 heavy (non-hydrogen) atoms. The molecule has 8 atom stereocenters. The number of nitrogens with zero attached hydrogens (tertiary/aromatic N) is 3. The third-order valence-corrected chi connectivity index (χ3v) is 14.5. The van der Waals surface area contributed by atoms with Crippen molar-refractivity contribution in [3.05, 3.63) is 32.1 Å². The van der Waals surface area contributed by atoms with E-state index in [1.165, 1.54) is 56.9 Å². The molecule has 0 heterocycles. The van der Waals surface area contributed by atoms with E-state index in [1.807, 2.05) is 28.2 Å². The Balaban J connectivity index is 1.10. The van der Waals surface area contributed by atoms with Gasteiger partial charge < -0.3 is 30.1 Å². The molecule has 3 fully saturated rings. The average Bonchev–Trinajstić information content (AvgIpc) is 3.45. The van der Waals surface area contributed by atoms with Gasteiger partial charge in [0.25, 0.3) is 10.9 Å². The van der Waals surface area contributed by atoms with Crippen LogP contribution in [0, 0.1) is 46.3 Å². The lowest BCUT2D eigenvalue weighted by Crippen LogP contribution is -2.51. The van der Waals surface area contributed by atoms with Gasteiger partial charge in [0.2, 0.25) is 0 Å². The van der Waals surface area contributed by atoms with E-state index in [4.69, 9.17) is 4.74 Å². The number of fused-ring (bicyclic) bond motifs is 5. The lowest BCUT2D eigenvalue weighted by molar-refractivity contribution is -0.0581. The zero-order valence-corrected chi connectivity index (χ0v) is 35.0. The van der Waals surface area contributed by atoms with Crippen LogP contribution in [0.2, 0.25) is 0 Å². The molecular weight excluding hydrogens is 663 g/mol. The Morgan fingerprint density at radius 3 is 2.21 bits per heavy atom. The van der Waals surface area contributed by atoms with E-state index in [1.54, 1.807) is 0 Å². The van der Waals surface area contributed by atoms with Gasteiger partial charge in [-0.2, -0.15) is 0 Å². The molecule has 3 saturated carbocycles. The van der Waals surface area contributed by atoms with E-state index < -0.39 is 17.0 Å². The number of alkyl carbamates (subject to hydrolysis) is 1. The van der Waals surface area contributed by atoms with Crippen molar-refractivity contribution in [2.45, 2.75) is 124 Å². The van der Waals surface area contributed by atoms with Gasteiger partial charge in [0.1, 0.15) is 17.5 Å². The number of hydrogen-bond acceptors (Lipinski definition) is 8. The second kappa shape index (κ2) is 18.0. The van der Waals surface area contributed by atoms with Crippen LogP contribution in [0.3, 0.4) is 0 Å². The minimum Gasteiger partial charge on any atom is -0.446 e. The summed E-state index contributed by atoms with van der Waals surface area (Å²) in [6.07, 6.45) is 17.6. The maximum atomic E-state index is 13.0. The van der Waals surface area contributed by atoms with Gasteiger partial charge in [-0.1, -0.05) is 65.5 Å². The van der Waals surface area contributed by atoms with E-state index in [9.17, 15) is 14.4 Å². The fourth-order valence-electron chi connectivity index (χ4n) is 11.6. The Hall–Kier alpha value is -2.39. The Morgan fingerprint density at radius 1 is 0.849 bits per heavy atom. The molecule has 300 valence electrons. The van der Waals surface area contributed by atoms with Gasteiger partial charge in [-0.15, -0.1) is 0 Å². The first-order valence-corrected chi connectivity index (χ1v) is 21.4. The molecule has 0 bridgehead atoms. The van der Waals surface area contributed by atoms with Crippen molar-refractivity contribution < 1.29 is 9.53 Å². The molecule has 2 N–H and O–H groups in total. The van der Waals surface area contributed by atoms with Crippen LogP contribution in [-0.4, -0.2) is 89.5 Å². The Labute approximate surface area is 321 Å². The van der Waals surface area contributed by atoms with Crippen LogP contribution in [0.4, 0.5) is 16.2 Å². The van der Waals surface area contributed by atoms with Crippen molar-refractivity contribution in [1.82, 2.24) is 15.1 Å². The first kappa shape index (κ1) is 41.8. The first-order chi connectivity index (χ1) is 25.2. The van der Waals surface area contributed by atoms with Gasteiger partial charge in [0, 0.05) is 32.6 Å². The van der Waals surface area contributed by atoms with E-state index >= 15 is 0 Å². The Bertz CT molecular complexity index is 1450. The van der Waals surface area contributed by atoms with Crippen LogP contribution in [0.15, 0.2) is 21.2 Å². The van der Waals surface area contributed by atoms with Gasteiger partial charge >= 0.3 is 6.09 Å². The molecule has 0 aromatic heterocycles. The van der Waals surface area contributed by atoms with Crippen LogP contribution in [0.25, 0.3) is 0 Å². The van der Waals surface area contributed by atoms with Crippen LogP contribution in [0.5, 0.6) is 0 Å². The highest BCUT2D eigenvalue weighted by atomic mass is 16.6. The maximum absolute atomic E-state index is 13.0. The maximum Gasteiger partial charge on any atom is 0.407 e. The first-order valence-electron chi connectivity index (χ1n) is 21.4. The van der Waals surface area contributed by atoms with E-state index in [0.29, 0.717) is 43.0 Å². The largest absolute Gasteiger partial charge is 0.446 e. The molecule has 9 nitrogen and oxygen atoms in total. The number of rotatable bonds is 19. The molecule has 0 spiro atoms. The number of allylic oxidation sites excluding steroid dienone is 1. The molecule has 1 amide bonds. The number of ether oxygens (including phenoxy) is 1. The van der Waals surface area contributed by atoms with Crippen LogP contribution in [-0.2, 0) is 4.74 Å². The molecule has 0 aliphatic heterocycles. The summed E-state index contributed by atoms with van der Waals surface area (Å²) in [4.78, 5) is 44.6. The number of hydrogen-bond donors (Lipinski definition) is 2.